The van der Waals surface area contributed by atoms with Gasteiger partial charge in [-0.25, -0.2) is 13.1 Å². The Morgan fingerprint density at radius 3 is 2.50 bits per heavy atom. The van der Waals surface area contributed by atoms with E-state index in [-0.39, 0.29) is 11.9 Å². The highest BCUT2D eigenvalue weighted by Gasteiger charge is 2.22. The molecule has 0 spiro atoms. The van der Waals surface area contributed by atoms with Crippen LogP contribution in [0.15, 0.2) is 14.1 Å². The predicted molar refractivity (Wildman–Crippen MR) is 81.0 cm³/mol. The Morgan fingerprint density at radius 1 is 1.50 bits per heavy atom. The molecule has 0 saturated carbocycles. The number of aryl methyl sites for hydroxylation is 1. The second-order valence-corrected chi connectivity index (χ2v) is 9.24. The van der Waals surface area contributed by atoms with Crippen LogP contribution in [0.2, 0.25) is 0 Å². The van der Waals surface area contributed by atoms with Gasteiger partial charge in [-0.05, 0) is 46.8 Å². The number of sulfonamides is 1. The second-order valence-electron chi connectivity index (χ2n) is 4.62. The largest absolute Gasteiger partial charge is 0.250 e. The molecule has 1 heterocycles. The van der Waals surface area contributed by atoms with Crippen molar-refractivity contribution < 1.29 is 8.42 Å². The van der Waals surface area contributed by atoms with E-state index in [9.17, 15) is 8.42 Å². The molecule has 0 aromatic carbocycles. The Bertz CT molecular complexity index is 480. The Hall–Kier alpha value is 0.380. The first kappa shape index (κ1) is 16.4. The summed E-state index contributed by atoms with van der Waals surface area (Å²) in [7, 11) is -3.46. The van der Waals surface area contributed by atoms with E-state index in [0.29, 0.717) is 10.1 Å². The molecule has 0 saturated heterocycles. The summed E-state index contributed by atoms with van der Waals surface area (Å²) in [5.41, 5.74) is 0.923. The van der Waals surface area contributed by atoms with Gasteiger partial charge in [0.25, 0.3) is 0 Å². The summed E-state index contributed by atoms with van der Waals surface area (Å²) in [5, 5.41) is 0. The van der Waals surface area contributed by atoms with Gasteiger partial charge in [0, 0.05) is 11.9 Å². The molecular formula is C11H17BrClNO2S2. The molecule has 0 aliphatic heterocycles. The number of thiophene rings is 1. The minimum atomic E-state index is -3.46. The van der Waals surface area contributed by atoms with Crippen molar-refractivity contribution in [3.63, 3.8) is 0 Å². The molecule has 1 rings (SSSR count). The van der Waals surface area contributed by atoms with Gasteiger partial charge in [0.1, 0.15) is 4.21 Å². The smallest absolute Gasteiger partial charge is 0.206 e. The predicted octanol–water partition coefficient (Wildman–Crippen LogP) is 3.75. The third-order valence-electron chi connectivity index (χ3n) is 2.36. The molecule has 1 N–H and O–H groups in total. The van der Waals surface area contributed by atoms with Gasteiger partial charge in [0.2, 0.25) is 10.0 Å². The van der Waals surface area contributed by atoms with E-state index in [4.69, 9.17) is 11.6 Å². The third-order valence-corrected chi connectivity index (χ3v) is 6.87. The zero-order chi connectivity index (χ0) is 13.9. The fourth-order valence-corrected chi connectivity index (χ4v) is 5.34. The van der Waals surface area contributed by atoms with Gasteiger partial charge in [-0.1, -0.05) is 13.8 Å². The van der Waals surface area contributed by atoms with Crippen LogP contribution >= 0.6 is 38.9 Å². The molecule has 3 nitrogen and oxygen atoms in total. The standard InChI is InChI=1S/C11H17BrClNO2S2/c1-7(2)4-9(6-13)14-18(15,16)10-5-8(3)11(12)17-10/h5,7,9,14H,4,6H2,1-3H3. The van der Waals surface area contributed by atoms with Gasteiger partial charge in [0.15, 0.2) is 0 Å². The normalized spacial score (nSPS) is 14.1. The lowest BCUT2D eigenvalue weighted by Crippen LogP contribution is -2.36. The number of alkyl halides is 1. The maximum Gasteiger partial charge on any atom is 0.250 e. The van der Waals surface area contributed by atoms with Crippen molar-refractivity contribution in [3.05, 3.63) is 15.4 Å². The fourth-order valence-electron chi connectivity index (χ4n) is 1.55. The minimum absolute atomic E-state index is 0.224. The summed E-state index contributed by atoms with van der Waals surface area (Å²) >= 11 is 10.4. The second kappa shape index (κ2) is 6.70. The van der Waals surface area contributed by atoms with Gasteiger partial charge in [0.05, 0.1) is 3.79 Å². The Morgan fingerprint density at radius 2 is 2.11 bits per heavy atom. The summed E-state index contributed by atoms with van der Waals surface area (Å²) < 4.78 is 28.2. The van der Waals surface area contributed by atoms with E-state index in [1.165, 1.54) is 11.3 Å². The molecule has 104 valence electrons. The summed E-state index contributed by atoms with van der Waals surface area (Å²) in [6, 6.07) is 1.44. The average Bonchev–Trinajstić information content (AvgIpc) is 2.58. The van der Waals surface area contributed by atoms with Gasteiger partial charge < -0.3 is 0 Å². The van der Waals surface area contributed by atoms with Crippen LogP contribution in [0.25, 0.3) is 0 Å². The fraction of sp³-hybridized carbons (Fsp3) is 0.636. The van der Waals surface area contributed by atoms with Crippen molar-refractivity contribution >= 4 is 48.9 Å². The van der Waals surface area contributed by atoms with Crippen molar-refractivity contribution in [2.75, 3.05) is 5.88 Å². The van der Waals surface area contributed by atoms with Gasteiger partial charge >= 0.3 is 0 Å². The SMILES string of the molecule is Cc1cc(S(=O)(=O)NC(CCl)CC(C)C)sc1Br. The van der Waals surface area contributed by atoms with Crippen LogP contribution in [0.5, 0.6) is 0 Å². The first-order valence-electron chi connectivity index (χ1n) is 5.60. The van der Waals surface area contributed by atoms with E-state index in [1.807, 2.05) is 20.8 Å². The Labute approximate surface area is 126 Å². The lowest BCUT2D eigenvalue weighted by atomic mass is 10.1. The maximum atomic E-state index is 12.2. The van der Waals surface area contributed by atoms with E-state index in [1.54, 1.807) is 6.07 Å². The monoisotopic (exact) mass is 373 g/mol. The molecule has 0 aliphatic rings. The van der Waals surface area contributed by atoms with Gasteiger partial charge in [-0.3, -0.25) is 0 Å². The van der Waals surface area contributed by atoms with Gasteiger partial charge in [-0.15, -0.1) is 22.9 Å². The highest BCUT2D eigenvalue weighted by atomic mass is 79.9. The number of hydrogen-bond acceptors (Lipinski definition) is 3. The van der Waals surface area contributed by atoms with Crippen LogP contribution in [0.3, 0.4) is 0 Å². The third kappa shape index (κ3) is 4.49. The number of halogens is 2. The Balaban J connectivity index is 2.87. The molecular weight excluding hydrogens is 358 g/mol. The highest BCUT2D eigenvalue weighted by molar-refractivity contribution is 9.11. The van der Waals surface area contributed by atoms with Gasteiger partial charge in [-0.2, -0.15) is 0 Å². The number of rotatable bonds is 6. The van der Waals surface area contributed by atoms with E-state index in [0.717, 1.165) is 15.8 Å². The summed E-state index contributed by atoms with van der Waals surface area (Å²) in [6.07, 6.45) is 0.730. The average molecular weight is 375 g/mol. The summed E-state index contributed by atoms with van der Waals surface area (Å²) in [6.45, 7) is 5.95. The molecule has 0 aliphatic carbocycles. The number of nitrogens with one attached hydrogen (secondary N) is 1. The van der Waals surface area contributed by atoms with Crippen molar-refractivity contribution in [1.29, 1.82) is 0 Å². The topological polar surface area (TPSA) is 46.2 Å². The lowest BCUT2D eigenvalue weighted by molar-refractivity contribution is 0.486. The van der Waals surface area contributed by atoms with Crippen LogP contribution in [0.4, 0.5) is 0 Å². The lowest BCUT2D eigenvalue weighted by Gasteiger charge is -2.17. The molecule has 7 heteroatoms. The molecule has 0 fully saturated rings. The first-order chi connectivity index (χ1) is 8.26. The number of hydrogen-bond donors (Lipinski definition) is 1. The van der Waals surface area contributed by atoms with Crippen LogP contribution in [-0.2, 0) is 10.0 Å². The zero-order valence-electron chi connectivity index (χ0n) is 10.5. The van der Waals surface area contributed by atoms with E-state index in [2.05, 4.69) is 20.7 Å². The van der Waals surface area contributed by atoms with Crippen LogP contribution < -0.4 is 4.72 Å². The van der Waals surface area contributed by atoms with E-state index >= 15 is 0 Å². The van der Waals surface area contributed by atoms with Crippen molar-refractivity contribution in [1.82, 2.24) is 4.72 Å². The molecule has 0 amide bonds. The summed E-state index contributed by atoms with van der Waals surface area (Å²) in [5.74, 6) is 0.677. The van der Waals surface area contributed by atoms with Crippen molar-refractivity contribution in [2.24, 2.45) is 5.92 Å². The van der Waals surface area contributed by atoms with Crippen LogP contribution in [-0.4, -0.2) is 20.3 Å². The van der Waals surface area contributed by atoms with E-state index < -0.39 is 10.0 Å². The minimum Gasteiger partial charge on any atom is -0.206 e. The summed E-state index contributed by atoms with van der Waals surface area (Å²) in [4.78, 5) is 0. The molecule has 0 radical (unpaired) electrons. The van der Waals surface area contributed by atoms with Crippen molar-refractivity contribution in [3.8, 4) is 0 Å². The molecule has 1 unspecified atom stereocenters. The quantitative estimate of drug-likeness (QED) is 0.771. The molecule has 18 heavy (non-hydrogen) atoms. The highest BCUT2D eigenvalue weighted by Crippen LogP contribution is 2.30. The maximum absolute atomic E-state index is 12.2. The van der Waals surface area contributed by atoms with Crippen LogP contribution in [0, 0.1) is 12.8 Å². The zero-order valence-corrected chi connectivity index (χ0v) is 14.5. The Kier molecular flexibility index (Phi) is 6.12. The first-order valence-corrected chi connectivity index (χ1v) is 9.23. The molecule has 1 aromatic heterocycles. The van der Waals surface area contributed by atoms with Crippen molar-refractivity contribution in [2.45, 2.75) is 37.4 Å². The molecule has 1 aromatic rings. The molecule has 0 bridgehead atoms. The van der Waals surface area contributed by atoms with Crippen LogP contribution in [0.1, 0.15) is 25.8 Å². The molecule has 1 atom stereocenters.